The molecule has 0 unspecified atom stereocenters. The van der Waals surface area contributed by atoms with Gasteiger partial charge in [-0.3, -0.25) is 19.9 Å². The van der Waals surface area contributed by atoms with Crippen LogP contribution in [0, 0.1) is 6.92 Å². The van der Waals surface area contributed by atoms with Gasteiger partial charge in [-0.15, -0.1) is 0 Å². The van der Waals surface area contributed by atoms with Crippen molar-refractivity contribution in [2.45, 2.75) is 45.7 Å². The van der Waals surface area contributed by atoms with Crippen molar-refractivity contribution >= 4 is 89.9 Å². The Morgan fingerprint density at radius 1 is 0.327 bits per heavy atom. The van der Waals surface area contributed by atoms with Crippen molar-refractivity contribution in [1.82, 2.24) is 40.6 Å². The fourth-order valence-electron chi connectivity index (χ4n) is 10.8. The van der Waals surface area contributed by atoms with E-state index in [2.05, 4.69) is 80.9 Å². The van der Waals surface area contributed by atoms with E-state index >= 15 is 0 Å². The molecule has 8 aromatic carbocycles. The van der Waals surface area contributed by atoms with Crippen molar-refractivity contribution in [3.63, 3.8) is 0 Å². The van der Waals surface area contributed by atoms with Crippen LogP contribution in [0.15, 0.2) is 286 Å². The Balaban J connectivity index is 0.000000126. The Morgan fingerprint density at radius 3 is 1.05 bits per heavy atom. The summed E-state index contributed by atoms with van der Waals surface area (Å²) in [6.07, 6.45) is 4.72. The van der Waals surface area contributed by atoms with Gasteiger partial charge in [-0.25, -0.2) is 0 Å². The van der Waals surface area contributed by atoms with E-state index < -0.39 is 23.5 Å². The molecule has 0 aliphatic heterocycles. The lowest BCUT2D eigenvalue weighted by Gasteiger charge is -2.11. The quantitative estimate of drug-likeness (QED) is 0.0488. The Bertz CT molecular complexity index is 5560. The number of nitrogens with zero attached hydrogens (tertiary/aromatic N) is 8. The second-order valence-corrected chi connectivity index (χ2v) is 23.4. The molecule has 0 fully saturated rings. The maximum atomic E-state index is 12.9. The normalized spacial score (nSPS) is 11.1. The first kappa shape index (κ1) is 71.4. The summed E-state index contributed by atoms with van der Waals surface area (Å²) in [5, 5.41) is 31.8. The van der Waals surface area contributed by atoms with Crippen LogP contribution in [0.4, 0.5) is 72.4 Å². The number of benzene rings is 8. The molecule has 16 aromatic rings. The van der Waals surface area contributed by atoms with E-state index in [-0.39, 0.29) is 13.2 Å². The molecule has 21 nitrogen and oxygen atoms in total. The van der Waals surface area contributed by atoms with E-state index in [0.717, 1.165) is 74.7 Å². The molecule has 0 atom stereocenters. The Morgan fingerprint density at radius 2 is 0.673 bits per heavy atom. The van der Waals surface area contributed by atoms with Crippen LogP contribution in [0.2, 0.25) is 0 Å². The first-order chi connectivity index (χ1) is 52.2. The number of rotatable bonds is 21. The van der Waals surface area contributed by atoms with Crippen LogP contribution in [-0.4, -0.2) is 47.7 Å². The molecule has 8 heterocycles. The molecule has 107 heavy (non-hydrogen) atoms. The summed E-state index contributed by atoms with van der Waals surface area (Å²) in [6.45, 7) is 3.02. The van der Waals surface area contributed by atoms with Gasteiger partial charge in [0, 0.05) is 30.4 Å². The number of aryl methyl sites for hydroxylation is 1. The van der Waals surface area contributed by atoms with Crippen LogP contribution >= 0.6 is 0 Å². The number of nitrogens with one attached hydrogen (secondary N) is 4. The topological polar surface area (TPSA) is 250 Å². The van der Waals surface area contributed by atoms with Gasteiger partial charge in [-0.05, 0) is 157 Å². The van der Waals surface area contributed by atoms with Crippen LogP contribution in [0.25, 0.3) is 43.9 Å². The average molecular weight is 1450 g/mol. The van der Waals surface area contributed by atoms with Gasteiger partial charge < -0.3 is 63.0 Å². The van der Waals surface area contributed by atoms with Crippen molar-refractivity contribution < 1.29 is 68.1 Å². The third kappa shape index (κ3) is 18.3. The molecule has 0 bridgehead atoms. The number of halogens is 6. The highest BCUT2D eigenvalue weighted by atomic mass is 19.4. The first-order valence-electron chi connectivity index (χ1n) is 32.9. The number of para-hydroxylation sites is 1. The van der Waals surface area contributed by atoms with Gasteiger partial charge in [0.05, 0.1) is 65.8 Å². The molecular weight excluding hydrogens is 1390 g/mol. The molecule has 16 rings (SSSR count). The molecule has 0 spiro atoms. The van der Waals surface area contributed by atoms with Crippen molar-refractivity contribution in [1.29, 1.82) is 0 Å². The summed E-state index contributed by atoms with van der Waals surface area (Å²) in [7, 11) is 1.65. The molecule has 0 aliphatic carbocycles. The van der Waals surface area contributed by atoms with Gasteiger partial charge in [0.25, 0.3) is 0 Å². The fraction of sp³-hybridized carbons (Fsp3) is 0.100. The highest BCUT2D eigenvalue weighted by molar-refractivity contribution is 5.98. The lowest BCUT2D eigenvalue weighted by atomic mass is 10.1. The van der Waals surface area contributed by atoms with E-state index in [1.165, 1.54) is 23.8 Å². The molecule has 4 N–H and O–H groups in total. The summed E-state index contributed by atoms with van der Waals surface area (Å²) >= 11 is 0. The predicted octanol–water partition coefficient (Wildman–Crippen LogP) is 20.5. The number of hydrogen-bond acceptors (Lipinski definition) is 21. The summed E-state index contributed by atoms with van der Waals surface area (Å²) in [5.74, 6) is 5.25. The second kappa shape index (κ2) is 33.4. The summed E-state index contributed by atoms with van der Waals surface area (Å²) in [5.41, 5.74) is 8.38. The fourth-order valence-corrected chi connectivity index (χ4v) is 10.8. The lowest BCUT2D eigenvalue weighted by molar-refractivity contribution is -0.138. The van der Waals surface area contributed by atoms with Gasteiger partial charge >= 0.3 is 12.4 Å². The summed E-state index contributed by atoms with van der Waals surface area (Å²) in [4.78, 5) is 16.3. The zero-order valence-corrected chi connectivity index (χ0v) is 56.8. The monoisotopic (exact) mass is 1450 g/mol. The van der Waals surface area contributed by atoms with E-state index in [4.69, 9.17) is 41.8 Å². The number of methoxy groups -OCH3 is 1. The number of hydrogen-bond donors (Lipinski definition) is 4. The highest BCUT2D eigenvalue weighted by Gasteiger charge is 2.31. The number of ether oxygens (including phenoxy) is 5. The zero-order valence-electron chi connectivity index (χ0n) is 56.8. The van der Waals surface area contributed by atoms with E-state index in [1.807, 2.05) is 109 Å². The largest absolute Gasteiger partial charge is 0.496 e. The summed E-state index contributed by atoms with van der Waals surface area (Å²) in [6, 6.07) is 62.3. The number of anilines is 8. The van der Waals surface area contributed by atoms with E-state index in [0.29, 0.717) is 104 Å². The van der Waals surface area contributed by atoms with E-state index in [1.54, 1.807) is 111 Å². The highest BCUT2D eigenvalue weighted by Crippen LogP contribution is 2.40. The minimum Gasteiger partial charge on any atom is -0.496 e. The average Bonchev–Trinajstić information content (AvgIpc) is 1.69. The first-order valence-corrected chi connectivity index (χ1v) is 32.9. The minimum atomic E-state index is -4.40. The van der Waals surface area contributed by atoms with Crippen LogP contribution < -0.4 is 45.0 Å². The maximum absolute atomic E-state index is 12.9. The van der Waals surface area contributed by atoms with Gasteiger partial charge in [-0.2, -0.15) is 26.3 Å². The van der Waals surface area contributed by atoms with Crippen LogP contribution in [0.1, 0.15) is 38.9 Å². The number of fused-ring (bicyclic) bond motifs is 4. The minimum absolute atomic E-state index is 0.0272. The molecule has 8 aromatic heterocycles. The number of pyridine rings is 4. The number of alkyl halides is 6. The van der Waals surface area contributed by atoms with Crippen LogP contribution in [0.5, 0.6) is 28.7 Å². The molecule has 27 heteroatoms. The Hall–Kier alpha value is -14.0. The third-order valence-electron chi connectivity index (χ3n) is 16.1. The predicted molar refractivity (Wildman–Crippen MR) is 391 cm³/mol. The van der Waals surface area contributed by atoms with Crippen LogP contribution in [0.3, 0.4) is 0 Å². The maximum Gasteiger partial charge on any atom is 0.416 e. The summed E-state index contributed by atoms with van der Waals surface area (Å²) < 4.78 is 127. The van der Waals surface area contributed by atoms with E-state index in [9.17, 15) is 26.3 Å². The molecule has 0 amide bonds. The number of aromatic nitrogens is 8. The van der Waals surface area contributed by atoms with Crippen molar-refractivity contribution in [2.24, 2.45) is 0 Å². The van der Waals surface area contributed by atoms with Gasteiger partial charge in [0.15, 0.2) is 45.6 Å². The zero-order chi connectivity index (χ0) is 74.0. The Labute approximate surface area is 605 Å². The smallest absolute Gasteiger partial charge is 0.416 e. The molecule has 0 aliphatic rings. The molecule has 0 saturated heterocycles. The van der Waals surface area contributed by atoms with Crippen molar-refractivity contribution in [3.8, 4) is 28.7 Å². The van der Waals surface area contributed by atoms with Crippen molar-refractivity contribution in [2.75, 3.05) is 28.4 Å². The Kier molecular flexibility index (Phi) is 22.3. The standard InChI is InChI=1S/2C20H14F3N3O2.C20H17N3O3.C20H17N3O2/c21-20(22,23)14-5-1-4-13(10-14)12-27-16-7-2-8-17-18(16)19(26-28-17)25-15-6-3-9-24-11-15;21-20(22,23)14-8-6-13(7-9-14)12-27-16-4-1-5-17-18(16)19(26-28-17)25-15-3-2-10-24-11-15;1-24-16-8-3-2-6-14(16)13-25-17-9-4-10-18-19(17)20(23-26-18)22-15-7-5-11-21-12-15;1-14-6-2-3-7-15(14)13-24-17-9-4-10-18-19(17)20(23-25-18)22-16-8-5-11-21-12-16/h2*1-11H,12H2,(H,25,26);2-12H,13H2,1H3,(H,22,23);2-12H,13H2,1H3,(H,22,23). The second-order valence-electron chi connectivity index (χ2n) is 23.4. The molecule has 538 valence electrons. The van der Waals surface area contributed by atoms with Crippen LogP contribution in [-0.2, 0) is 38.8 Å². The lowest BCUT2D eigenvalue weighted by Crippen LogP contribution is -2.06. The van der Waals surface area contributed by atoms with Gasteiger partial charge in [-0.1, -0.05) is 112 Å². The SMILES string of the molecule is COc1ccccc1COc1cccc2onc(Nc3cccnc3)c12.Cc1ccccc1COc1cccc2onc(Nc3cccnc3)c12.FC(F)(F)c1ccc(COc2cccc3onc(Nc4cccnc4)c23)cc1.FC(F)(F)c1cccc(COc2cccc3onc(Nc4cccnc4)c23)c1. The van der Waals surface area contributed by atoms with Gasteiger partial charge in [0.1, 0.15) is 76.7 Å². The molecule has 0 saturated carbocycles. The van der Waals surface area contributed by atoms with Gasteiger partial charge in [0.2, 0.25) is 0 Å². The molecule has 0 radical (unpaired) electrons. The third-order valence-corrected chi connectivity index (χ3v) is 16.1. The van der Waals surface area contributed by atoms with Crippen molar-refractivity contribution in [3.05, 3.63) is 307 Å². The molecular formula is C80H62F6N12O9.